The summed E-state index contributed by atoms with van der Waals surface area (Å²) in [6.07, 6.45) is 0.334. The molecule has 1 N–H and O–H groups in total. The van der Waals surface area contributed by atoms with E-state index >= 15 is 0 Å². The lowest BCUT2D eigenvalue weighted by atomic mass is 9.95. The van der Waals surface area contributed by atoms with Crippen molar-refractivity contribution in [3.8, 4) is 0 Å². The molecule has 1 saturated heterocycles. The van der Waals surface area contributed by atoms with Gasteiger partial charge in [0.25, 0.3) is 0 Å². The zero-order valence-electron chi connectivity index (χ0n) is 12.5. The number of thiophene rings is 1. The van der Waals surface area contributed by atoms with Crippen LogP contribution in [0.2, 0.25) is 0 Å². The van der Waals surface area contributed by atoms with E-state index in [0.29, 0.717) is 6.10 Å². The second-order valence-corrected chi connectivity index (χ2v) is 7.58. The fourth-order valence-electron chi connectivity index (χ4n) is 2.28. The summed E-state index contributed by atoms with van der Waals surface area (Å²) < 4.78 is 5.74. The van der Waals surface area contributed by atoms with E-state index in [1.807, 2.05) is 11.3 Å². The molecule has 108 valence electrons. The molecule has 0 amide bonds. The third-order valence-corrected chi connectivity index (χ3v) is 4.84. The van der Waals surface area contributed by atoms with Gasteiger partial charge in [0.05, 0.1) is 12.7 Å². The number of ether oxygens (including phenoxy) is 1. The average Bonchev–Trinajstić information content (AvgIpc) is 2.78. The smallest absolute Gasteiger partial charge is 0.0826 e. The number of nitrogens with zero attached hydrogens (tertiary/aromatic N) is 1. The van der Waals surface area contributed by atoms with Gasteiger partial charge in [0.1, 0.15) is 0 Å². The molecule has 1 aliphatic rings. The Hall–Kier alpha value is -0.420. The van der Waals surface area contributed by atoms with Gasteiger partial charge in [-0.2, -0.15) is 0 Å². The number of rotatable bonds is 4. The molecule has 0 aromatic carbocycles. The summed E-state index contributed by atoms with van der Waals surface area (Å²) in [6, 6.07) is 4.54. The van der Waals surface area contributed by atoms with Crippen LogP contribution in [0.1, 0.15) is 30.5 Å². The lowest BCUT2D eigenvalue weighted by molar-refractivity contribution is 0.00899. The largest absolute Gasteiger partial charge is 0.374 e. The summed E-state index contributed by atoms with van der Waals surface area (Å²) in [6.45, 7) is 11.6. The molecule has 0 spiro atoms. The lowest BCUT2D eigenvalue weighted by Crippen LogP contribution is -2.44. The van der Waals surface area contributed by atoms with E-state index in [9.17, 15) is 0 Å². The van der Waals surface area contributed by atoms with Gasteiger partial charge >= 0.3 is 0 Å². The third kappa shape index (κ3) is 4.56. The Bertz CT molecular complexity index is 391. The van der Waals surface area contributed by atoms with Crippen molar-refractivity contribution in [2.75, 3.05) is 33.3 Å². The van der Waals surface area contributed by atoms with Gasteiger partial charge < -0.3 is 10.1 Å². The number of hydrogen-bond acceptors (Lipinski definition) is 4. The summed E-state index contributed by atoms with van der Waals surface area (Å²) in [5, 5.41) is 3.38. The first-order chi connectivity index (χ1) is 8.95. The van der Waals surface area contributed by atoms with Crippen molar-refractivity contribution in [3.63, 3.8) is 0 Å². The molecule has 2 rings (SSSR count). The molecule has 1 aromatic heterocycles. The molecule has 4 heteroatoms. The predicted octanol–water partition coefficient (Wildman–Crippen LogP) is 2.47. The summed E-state index contributed by atoms with van der Waals surface area (Å²) in [4.78, 5) is 5.26. The third-order valence-electron chi connectivity index (χ3n) is 3.35. The van der Waals surface area contributed by atoms with Crippen LogP contribution in [0.25, 0.3) is 0 Å². The monoisotopic (exact) mass is 282 g/mol. The predicted molar refractivity (Wildman–Crippen MR) is 82.0 cm³/mol. The summed E-state index contributed by atoms with van der Waals surface area (Å²) >= 11 is 1.93. The fraction of sp³-hybridized carbons (Fsp3) is 0.733. The van der Waals surface area contributed by atoms with Crippen LogP contribution in [0.15, 0.2) is 12.1 Å². The molecule has 1 unspecified atom stereocenters. The molecule has 0 aliphatic carbocycles. The van der Waals surface area contributed by atoms with Crippen LogP contribution in [0.4, 0.5) is 0 Å². The normalized spacial score (nSPS) is 21.0. The lowest BCUT2D eigenvalue weighted by Gasteiger charge is -2.27. The highest BCUT2D eigenvalue weighted by atomic mass is 32.1. The van der Waals surface area contributed by atoms with Crippen molar-refractivity contribution >= 4 is 11.3 Å². The van der Waals surface area contributed by atoms with E-state index in [-0.39, 0.29) is 5.41 Å². The molecule has 0 saturated carbocycles. The Labute approximate surface area is 121 Å². The maximum Gasteiger partial charge on any atom is 0.0826 e. The Morgan fingerprint density at radius 2 is 2.21 bits per heavy atom. The van der Waals surface area contributed by atoms with Crippen molar-refractivity contribution in [1.82, 2.24) is 10.2 Å². The first-order valence-corrected chi connectivity index (χ1v) is 7.87. The Balaban J connectivity index is 1.84. The van der Waals surface area contributed by atoms with Gasteiger partial charge in [-0.1, -0.05) is 20.8 Å². The fourth-order valence-corrected chi connectivity index (χ4v) is 3.43. The van der Waals surface area contributed by atoms with E-state index in [4.69, 9.17) is 4.74 Å². The van der Waals surface area contributed by atoms with Crippen LogP contribution in [0, 0.1) is 0 Å². The maximum atomic E-state index is 5.74. The molecule has 1 atom stereocenters. The molecule has 0 bridgehead atoms. The Kier molecular flexibility index (Phi) is 5.01. The highest BCUT2D eigenvalue weighted by Gasteiger charge is 2.18. The molecule has 19 heavy (non-hydrogen) atoms. The molecule has 2 heterocycles. The van der Waals surface area contributed by atoms with Crippen molar-refractivity contribution in [3.05, 3.63) is 21.9 Å². The highest BCUT2D eigenvalue weighted by molar-refractivity contribution is 7.12. The van der Waals surface area contributed by atoms with Crippen LogP contribution in [-0.2, 0) is 16.7 Å². The molecule has 1 fully saturated rings. The van der Waals surface area contributed by atoms with Crippen LogP contribution >= 0.6 is 11.3 Å². The number of morpholine rings is 1. The van der Waals surface area contributed by atoms with Gasteiger partial charge in [0.15, 0.2) is 0 Å². The zero-order valence-corrected chi connectivity index (χ0v) is 13.3. The summed E-state index contributed by atoms with van der Waals surface area (Å²) in [5.41, 5.74) is 0.262. The van der Waals surface area contributed by atoms with Crippen molar-refractivity contribution in [2.45, 2.75) is 38.8 Å². The van der Waals surface area contributed by atoms with Gasteiger partial charge in [-0.05, 0) is 24.6 Å². The van der Waals surface area contributed by atoms with Crippen LogP contribution in [0.3, 0.4) is 0 Å². The SMILES string of the molecule is CN(Cc1ccc(C(C)(C)C)s1)CC1CNCCO1. The van der Waals surface area contributed by atoms with Gasteiger partial charge in [0, 0.05) is 35.9 Å². The van der Waals surface area contributed by atoms with Crippen LogP contribution in [0.5, 0.6) is 0 Å². The number of likely N-dealkylation sites (N-methyl/N-ethyl adjacent to an activating group) is 1. The minimum Gasteiger partial charge on any atom is -0.374 e. The number of hydrogen-bond donors (Lipinski definition) is 1. The second kappa shape index (κ2) is 6.35. The average molecular weight is 282 g/mol. The van der Waals surface area contributed by atoms with E-state index in [1.54, 1.807) is 0 Å². The maximum absolute atomic E-state index is 5.74. The zero-order chi connectivity index (χ0) is 13.9. The Morgan fingerprint density at radius 1 is 1.42 bits per heavy atom. The second-order valence-electron chi connectivity index (χ2n) is 6.41. The van der Waals surface area contributed by atoms with E-state index in [2.05, 4.69) is 50.2 Å². The van der Waals surface area contributed by atoms with Crippen LogP contribution < -0.4 is 5.32 Å². The molecule has 1 aromatic rings. The molecule has 3 nitrogen and oxygen atoms in total. The first-order valence-electron chi connectivity index (χ1n) is 7.05. The van der Waals surface area contributed by atoms with Crippen molar-refractivity contribution < 1.29 is 4.74 Å². The number of nitrogens with one attached hydrogen (secondary N) is 1. The standard InChI is InChI=1S/C15H26N2OS/c1-15(2,3)14-6-5-13(19-14)11-17(4)10-12-9-16-7-8-18-12/h5-6,12,16H,7-11H2,1-4H3. The topological polar surface area (TPSA) is 24.5 Å². The van der Waals surface area contributed by atoms with Crippen molar-refractivity contribution in [2.24, 2.45) is 0 Å². The minimum absolute atomic E-state index is 0.262. The van der Waals surface area contributed by atoms with Crippen LogP contribution in [-0.4, -0.2) is 44.3 Å². The minimum atomic E-state index is 0.262. The van der Waals surface area contributed by atoms with E-state index < -0.39 is 0 Å². The first kappa shape index (κ1) is 15.0. The quantitative estimate of drug-likeness (QED) is 0.918. The molecular formula is C15H26N2OS. The van der Waals surface area contributed by atoms with Gasteiger partial charge in [0.2, 0.25) is 0 Å². The van der Waals surface area contributed by atoms with Crippen molar-refractivity contribution in [1.29, 1.82) is 0 Å². The highest BCUT2D eigenvalue weighted by Crippen LogP contribution is 2.29. The molecule has 0 radical (unpaired) electrons. The van der Waals surface area contributed by atoms with E-state index in [0.717, 1.165) is 32.8 Å². The van der Waals surface area contributed by atoms with Gasteiger partial charge in [-0.15, -0.1) is 11.3 Å². The van der Waals surface area contributed by atoms with E-state index in [1.165, 1.54) is 9.75 Å². The Morgan fingerprint density at radius 3 is 2.79 bits per heavy atom. The van der Waals surface area contributed by atoms with Gasteiger partial charge in [-0.25, -0.2) is 0 Å². The summed E-state index contributed by atoms with van der Waals surface area (Å²) in [5.74, 6) is 0. The molecular weight excluding hydrogens is 256 g/mol. The molecule has 1 aliphatic heterocycles. The van der Waals surface area contributed by atoms with Gasteiger partial charge in [-0.3, -0.25) is 4.90 Å². The summed E-state index contributed by atoms with van der Waals surface area (Å²) in [7, 11) is 2.18.